The van der Waals surface area contributed by atoms with E-state index in [1.165, 1.54) is 6.92 Å². The molecule has 0 amide bonds. The maximum Gasteiger partial charge on any atom is 0.338 e. The van der Waals surface area contributed by atoms with Gasteiger partial charge in [0.2, 0.25) is 0 Å². The first-order valence-electron chi connectivity index (χ1n) is 6.13. The Kier molecular flexibility index (Phi) is 4.35. The van der Waals surface area contributed by atoms with Gasteiger partial charge < -0.3 is 9.84 Å². The van der Waals surface area contributed by atoms with Crippen LogP contribution in [0.25, 0.3) is 0 Å². The number of esters is 1. The van der Waals surface area contributed by atoms with Crippen LogP contribution in [0.1, 0.15) is 28.9 Å². The fourth-order valence-electron chi connectivity index (χ4n) is 1.80. The number of benzene rings is 2. The van der Waals surface area contributed by atoms with Gasteiger partial charge in [0.15, 0.2) is 17.4 Å². The largest absolute Gasteiger partial charge is 0.503 e. The van der Waals surface area contributed by atoms with Crippen LogP contribution in [0, 0.1) is 23.3 Å². The van der Waals surface area contributed by atoms with Crippen molar-refractivity contribution < 1.29 is 32.2 Å². The molecule has 0 saturated carbocycles. The lowest BCUT2D eigenvalue weighted by Crippen LogP contribution is -2.11. The van der Waals surface area contributed by atoms with Crippen molar-refractivity contribution in [2.75, 3.05) is 0 Å². The highest BCUT2D eigenvalue weighted by molar-refractivity contribution is 5.89. The van der Waals surface area contributed by atoms with Crippen LogP contribution in [0.2, 0.25) is 0 Å². The highest BCUT2D eigenvalue weighted by atomic mass is 19.1. The van der Waals surface area contributed by atoms with Gasteiger partial charge in [0.25, 0.3) is 0 Å². The first-order chi connectivity index (χ1) is 10.3. The molecule has 1 N–H and O–H groups in total. The van der Waals surface area contributed by atoms with E-state index in [4.69, 9.17) is 9.84 Å². The van der Waals surface area contributed by atoms with Gasteiger partial charge in [0.1, 0.15) is 17.7 Å². The van der Waals surface area contributed by atoms with Gasteiger partial charge in [-0.05, 0) is 37.3 Å². The van der Waals surface area contributed by atoms with E-state index in [1.807, 2.05) is 0 Å². The van der Waals surface area contributed by atoms with Crippen molar-refractivity contribution in [2.24, 2.45) is 0 Å². The zero-order valence-electron chi connectivity index (χ0n) is 11.2. The number of hydrogen-bond acceptors (Lipinski definition) is 3. The minimum Gasteiger partial charge on any atom is -0.503 e. The fraction of sp³-hybridized carbons (Fsp3) is 0.133. The normalized spacial score (nSPS) is 12.0. The van der Waals surface area contributed by atoms with Gasteiger partial charge in [-0.25, -0.2) is 22.4 Å². The van der Waals surface area contributed by atoms with E-state index >= 15 is 0 Å². The molecule has 2 rings (SSSR count). The molecule has 1 atom stereocenters. The Balaban J connectivity index is 2.23. The Morgan fingerprint density at radius 1 is 1.05 bits per heavy atom. The molecule has 2 aromatic rings. The van der Waals surface area contributed by atoms with Gasteiger partial charge in [-0.1, -0.05) is 0 Å². The maximum atomic E-state index is 13.5. The van der Waals surface area contributed by atoms with Crippen molar-refractivity contribution in [2.45, 2.75) is 13.0 Å². The average Bonchev–Trinajstić information content (AvgIpc) is 2.46. The lowest BCUT2D eigenvalue weighted by Gasteiger charge is -2.14. The van der Waals surface area contributed by atoms with E-state index in [1.54, 1.807) is 0 Å². The Morgan fingerprint density at radius 2 is 1.64 bits per heavy atom. The highest BCUT2D eigenvalue weighted by Gasteiger charge is 2.20. The summed E-state index contributed by atoms with van der Waals surface area (Å²) in [6.45, 7) is 1.28. The average molecular weight is 314 g/mol. The van der Waals surface area contributed by atoms with E-state index in [9.17, 15) is 22.4 Å². The molecule has 0 fully saturated rings. The van der Waals surface area contributed by atoms with Gasteiger partial charge in [-0.15, -0.1) is 0 Å². The zero-order chi connectivity index (χ0) is 16.4. The second-order valence-electron chi connectivity index (χ2n) is 4.50. The van der Waals surface area contributed by atoms with Crippen LogP contribution < -0.4 is 0 Å². The van der Waals surface area contributed by atoms with E-state index < -0.39 is 46.7 Å². The molecule has 0 aliphatic rings. The van der Waals surface area contributed by atoms with Gasteiger partial charge in [0.05, 0.1) is 5.56 Å². The van der Waals surface area contributed by atoms with Crippen molar-refractivity contribution in [3.8, 4) is 5.75 Å². The second-order valence-corrected chi connectivity index (χ2v) is 4.50. The first-order valence-corrected chi connectivity index (χ1v) is 6.13. The lowest BCUT2D eigenvalue weighted by atomic mass is 10.1. The predicted octanol–water partition coefficient (Wildman–Crippen LogP) is 3.87. The van der Waals surface area contributed by atoms with Crippen molar-refractivity contribution in [1.29, 1.82) is 0 Å². The molecule has 0 unspecified atom stereocenters. The summed E-state index contributed by atoms with van der Waals surface area (Å²) in [5.41, 5.74) is -0.718. The van der Waals surface area contributed by atoms with Crippen molar-refractivity contribution in [3.05, 3.63) is 64.7 Å². The van der Waals surface area contributed by atoms with Crippen molar-refractivity contribution in [3.63, 3.8) is 0 Å². The van der Waals surface area contributed by atoms with Crippen LogP contribution in [-0.4, -0.2) is 11.1 Å². The molecule has 0 heterocycles. The van der Waals surface area contributed by atoms with Crippen LogP contribution in [0.3, 0.4) is 0 Å². The van der Waals surface area contributed by atoms with E-state index in [2.05, 4.69) is 0 Å². The summed E-state index contributed by atoms with van der Waals surface area (Å²) >= 11 is 0. The lowest BCUT2D eigenvalue weighted by molar-refractivity contribution is 0.0329. The molecule has 0 aromatic heterocycles. The van der Waals surface area contributed by atoms with E-state index in [0.717, 1.165) is 18.2 Å². The Bertz CT molecular complexity index is 708. The molecule has 0 spiro atoms. The van der Waals surface area contributed by atoms with Crippen LogP contribution >= 0.6 is 0 Å². The third-order valence-electron chi connectivity index (χ3n) is 2.93. The topological polar surface area (TPSA) is 46.5 Å². The number of ether oxygens (including phenoxy) is 1. The molecule has 3 nitrogen and oxygen atoms in total. The number of aromatic hydroxyl groups is 1. The smallest absolute Gasteiger partial charge is 0.338 e. The third kappa shape index (κ3) is 3.19. The fourth-order valence-corrected chi connectivity index (χ4v) is 1.80. The SMILES string of the molecule is C[C@H](OC(=O)c1cc(F)c(O)c(F)c1)c1cc(F)ccc1F. The minimum absolute atomic E-state index is 0.215. The van der Waals surface area contributed by atoms with Crippen LogP contribution in [-0.2, 0) is 4.74 Å². The third-order valence-corrected chi connectivity index (χ3v) is 2.93. The molecule has 0 aliphatic carbocycles. The first kappa shape index (κ1) is 15.8. The number of hydrogen-bond donors (Lipinski definition) is 1. The minimum atomic E-state index is -1.34. The van der Waals surface area contributed by atoms with Gasteiger partial charge >= 0.3 is 5.97 Å². The van der Waals surface area contributed by atoms with E-state index in [0.29, 0.717) is 12.1 Å². The quantitative estimate of drug-likeness (QED) is 0.691. The van der Waals surface area contributed by atoms with Crippen LogP contribution in [0.5, 0.6) is 5.75 Å². The Hall–Kier alpha value is -2.57. The summed E-state index contributed by atoms with van der Waals surface area (Å²) in [5.74, 6) is -6.55. The monoisotopic (exact) mass is 314 g/mol. The standard InChI is InChI=1S/C15H10F4O3/c1-7(10-6-9(16)2-3-11(10)17)22-15(21)8-4-12(18)14(20)13(19)5-8/h2-7,20H,1H3/t7-/m0/s1. The number of rotatable bonds is 3. The van der Waals surface area contributed by atoms with Crippen molar-refractivity contribution >= 4 is 5.97 Å². The summed E-state index contributed by atoms with van der Waals surface area (Å²) in [7, 11) is 0. The summed E-state index contributed by atoms with van der Waals surface area (Å²) in [6, 6.07) is 3.78. The molecule has 2 aromatic carbocycles. The molecule has 22 heavy (non-hydrogen) atoms. The molecular formula is C15H10F4O3. The summed E-state index contributed by atoms with van der Waals surface area (Å²) in [5, 5.41) is 8.95. The highest BCUT2D eigenvalue weighted by Crippen LogP contribution is 2.25. The predicted molar refractivity (Wildman–Crippen MR) is 68.2 cm³/mol. The van der Waals surface area contributed by atoms with Gasteiger partial charge in [-0.2, -0.15) is 0 Å². The molecule has 0 bridgehead atoms. The molecule has 0 saturated heterocycles. The van der Waals surface area contributed by atoms with E-state index in [-0.39, 0.29) is 5.56 Å². The Morgan fingerprint density at radius 3 is 2.23 bits per heavy atom. The molecule has 7 heteroatoms. The summed E-state index contributed by atoms with van der Waals surface area (Å²) in [6.07, 6.45) is -1.18. The number of halogens is 4. The van der Waals surface area contributed by atoms with Crippen LogP contribution in [0.15, 0.2) is 30.3 Å². The summed E-state index contributed by atoms with van der Waals surface area (Å²) < 4.78 is 57.8. The number of carbonyl (C=O) groups excluding carboxylic acids is 1. The molecular weight excluding hydrogens is 304 g/mol. The number of carbonyl (C=O) groups is 1. The second kappa shape index (κ2) is 6.05. The van der Waals surface area contributed by atoms with Gasteiger partial charge in [-0.3, -0.25) is 0 Å². The molecule has 116 valence electrons. The molecule has 0 radical (unpaired) electrons. The van der Waals surface area contributed by atoms with Crippen molar-refractivity contribution in [1.82, 2.24) is 0 Å². The number of phenolic OH excluding ortho intramolecular Hbond substituents is 1. The van der Waals surface area contributed by atoms with Crippen LogP contribution in [0.4, 0.5) is 17.6 Å². The Labute approximate surface area is 122 Å². The zero-order valence-corrected chi connectivity index (χ0v) is 11.2. The number of phenols is 1. The maximum absolute atomic E-state index is 13.5. The molecule has 0 aliphatic heterocycles. The van der Waals surface area contributed by atoms with Gasteiger partial charge in [0, 0.05) is 5.56 Å². The summed E-state index contributed by atoms with van der Waals surface area (Å²) in [4.78, 5) is 11.8.